The Labute approximate surface area is 340 Å². The number of alkyl carbamates (subject to hydrolysis) is 2. The van der Waals surface area contributed by atoms with Gasteiger partial charge in [-0.15, -0.1) is 0 Å². The minimum absolute atomic E-state index is 0.0313. The van der Waals surface area contributed by atoms with Crippen LogP contribution < -0.4 is 10.6 Å². The first-order chi connectivity index (χ1) is 27.5. The first-order valence-corrected chi connectivity index (χ1v) is 20.9. The zero-order valence-corrected chi connectivity index (χ0v) is 34.2. The van der Waals surface area contributed by atoms with Gasteiger partial charge in [-0.3, -0.25) is 9.69 Å². The molecule has 5 aliphatic carbocycles. The van der Waals surface area contributed by atoms with Gasteiger partial charge in [0.15, 0.2) is 0 Å². The third kappa shape index (κ3) is 10.2. The second kappa shape index (κ2) is 18.0. The molecule has 0 spiro atoms. The maximum absolute atomic E-state index is 14.5. The van der Waals surface area contributed by atoms with E-state index in [1.165, 1.54) is 0 Å². The minimum atomic E-state index is -1.68. The number of piperidine rings is 1. The number of likely N-dealkylation sites (N-methyl/N-ethyl adjacent to an activating group) is 1. The van der Waals surface area contributed by atoms with Crippen molar-refractivity contribution in [3.63, 3.8) is 0 Å². The van der Waals surface area contributed by atoms with Crippen LogP contribution in [0.25, 0.3) is 0 Å². The highest BCUT2D eigenvalue weighted by Crippen LogP contribution is 2.64. The normalized spacial score (nSPS) is 30.8. The molecule has 5 saturated carbocycles. The summed E-state index contributed by atoms with van der Waals surface area (Å²) in [7, 11) is 0. The average Bonchev–Trinajstić information content (AvgIpc) is 3.84. The van der Waals surface area contributed by atoms with Gasteiger partial charge < -0.3 is 55.3 Å². The highest BCUT2D eigenvalue weighted by molar-refractivity contribution is 5.88. The Bertz CT molecular complexity index is 1630. The van der Waals surface area contributed by atoms with E-state index in [4.69, 9.17) is 19.3 Å². The zero-order valence-electron chi connectivity index (χ0n) is 34.2. The predicted octanol–water partition coefficient (Wildman–Crippen LogP) is 1.93. The Kier molecular flexibility index (Phi) is 13.6. The SMILES string of the molecule is CCN(Cc1ccc(CNC(=O)OCCOC23CC4CC(C2)CC([C@H](NC(=O)OC(C)(C)C)C(=O)N2[C@H](C#N)C[C@@H]5C[C@@H]52)(C4)C3)cc1)C[C@H](O)[C@@H](O)[C@H](O)[C@H](O)CO. The number of hydrogen-bond acceptors (Lipinski definition) is 13. The van der Waals surface area contributed by atoms with Gasteiger partial charge in [0.2, 0.25) is 5.91 Å². The number of nitriles is 1. The van der Waals surface area contributed by atoms with Crippen molar-refractivity contribution in [1.82, 2.24) is 20.4 Å². The van der Waals surface area contributed by atoms with E-state index in [-0.39, 0.29) is 38.3 Å². The molecule has 1 heterocycles. The molecule has 1 aromatic carbocycles. The summed E-state index contributed by atoms with van der Waals surface area (Å²) >= 11 is 0. The first kappa shape index (κ1) is 44.0. The highest BCUT2D eigenvalue weighted by atomic mass is 16.6. The first-order valence-electron chi connectivity index (χ1n) is 20.9. The van der Waals surface area contributed by atoms with Crippen molar-refractivity contribution in [2.75, 3.05) is 32.9 Å². The van der Waals surface area contributed by atoms with Crippen LogP contribution in [0.4, 0.5) is 9.59 Å². The standard InChI is InChI=1S/C42H63N5O11/c1-5-46(22-32(49)34(51)35(52)33(50)23-48)21-26-8-6-25(7-9-26)20-44-38(54)56-10-11-57-42-17-27-12-28(18-42)16-41(15-27,24-42)36(45-39(55)58-40(2,3)4)37(53)47-30(19-43)13-29-14-31(29)47/h6-9,27-36,48-52H,5,10-18,20-24H2,1-4H3,(H,44,54)(H,45,55)/t27?,28?,29-,30+,31+,32+,33-,34-,35-,36-,41?,42?/m1/s1. The van der Waals surface area contributed by atoms with Crippen molar-refractivity contribution in [2.24, 2.45) is 23.2 Å². The summed E-state index contributed by atoms with van der Waals surface area (Å²) in [5, 5.41) is 64.8. The molecule has 1 aliphatic heterocycles. The molecule has 0 radical (unpaired) electrons. The number of nitrogens with one attached hydrogen (secondary N) is 2. The second-order valence-corrected chi connectivity index (χ2v) is 18.6. The molecule has 16 nitrogen and oxygen atoms in total. The van der Waals surface area contributed by atoms with E-state index in [1.54, 1.807) is 25.7 Å². The van der Waals surface area contributed by atoms with Crippen molar-refractivity contribution in [3.8, 4) is 6.07 Å². The molecule has 16 heteroatoms. The Morgan fingerprint density at radius 2 is 1.60 bits per heavy atom. The van der Waals surface area contributed by atoms with Crippen LogP contribution in [-0.2, 0) is 32.1 Å². The van der Waals surface area contributed by atoms with E-state index in [2.05, 4.69) is 16.7 Å². The molecular weight excluding hydrogens is 750 g/mol. The van der Waals surface area contributed by atoms with Gasteiger partial charge in [0, 0.05) is 31.1 Å². The predicted molar refractivity (Wildman–Crippen MR) is 208 cm³/mol. The van der Waals surface area contributed by atoms with Gasteiger partial charge >= 0.3 is 12.2 Å². The lowest BCUT2D eigenvalue weighted by Gasteiger charge is -2.63. The molecular formula is C42H63N5O11. The van der Waals surface area contributed by atoms with E-state index in [1.807, 2.05) is 36.1 Å². The summed E-state index contributed by atoms with van der Waals surface area (Å²) < 4.78 is 17.8. The summed E-state index contributed by atoms with van der Waals surface area (Å²) in [5.41, 5.74) is -0.0536. The molecule has 0 aromatic heterocycles. The molecule has 7 N–H and O–H groups in total. The van der Waals surface area contributed by atoms with E-state index < -0.39 is 71.9 Å². The number of aliphatic hydroxyl groups is 5. The number of nitrogens with zero attached hydrogens (tertiary/aromatic N) is 3. The molecule has 1 saturated heterocycles. The van der Waals surface area contributed by atoms with Gasteiger partial charge in [0.25, 0.3) is 0 Å². The number of benzene rings is 1. The van der Waals surface area contributed by atoms with Gasteiger partial charge in [-0.1, -0.05) is 31.2 Å². The van der Waals surface area contributed by atoms with Crippen molar-refractivity contribution < 1.29 is 54.1 Å². The maximum atomic E-state index is 14.5. The van der Waals surface area contributed by atoms with E-state index in [0.717, 1.165) is 49.7 Å². The number of aliphatic hydroxyl groups excluding tert-OH is 5. The second-order valence-electron chi connectivity index (χ2n) is 18.6. The van der Waals surface area contributed by atoms with Crippen molar-refractivity contribution in [2.45, 2.75) is 146 Å². The van der Waals surface area contributed by atoms with Gasteiger partial charge in [-0.25, -0.2) is 9.59 Å². The fourth-order valence-corrected chi connectivity index (χ4v) is 10.6. The number of rotatable bonds is 18. The summed E-state index contributed by atoms with van der Waals surface area (Å²) in [4.78, 5) is 44.1. The Hall–Kier alpha value is -3.56. The lowest BCUT2D eigenvalue weighted by atomic mass is 9.46. The Balaban J connectivity index is 0.994. The van der Waals surface area contributed by atoms with E-state index >= 15 is 0 Å². The topological polar surface area (TPSA) is 234 Å². The average molecular weight is 814 g/mol. The van der Waals surface area contributed by atoms with Crippen LogP contribution in [0.3, 0.4) is 0 Å². The monoisotopic (exact) mass is 813 g/mol. The zero-order chi connectivity index (χ0) is 42.0. The summed E-state index contributed by atoms with van der Waals surface area (Å²) in [6.45, 7) is 7.98. The third-order valence-electron chi connectivity index (χ3n) is 12.9. The molecule has 4 bridgehead atoms. The van der Waals surface area contributed by atoms with Gasteiger partial charge in [0.05, 0.1) is 31.0 Å². The molecule has 7 rings (SSSR count). The number of amides is 3. The van der Waals surface area contributed by atoms with Crippen LogP contribution in [-0.4, -0.2) is 140 Å². The largest absolute Gasteiger partial charge is 0.447 e. The molecule has 6 aliphatic rings. The molecule has 10 atom stereocenters. The van der Waals surface area contributed by atoms with Gasteiger partial charge in [-0.05, 0) is 108 Å². The van der Waals surface area contributed by atoms with Crippen molar-refractivity contribution in [1.29, 1.82) is 5.26 Å². The van der Waals surface area contributed by atoms with Gasteiger partial charge in [0.1, 0.15) is 42.6 Å². The Morgan fingerprint density at radius 1 is 0.948 bits per heavy atom. The van der Waals surface area contributed by atoms with Crippen LogP contribution >= 0.6 is 0 Å². The van der Waals surface area contributed by atoms with Crippen LogP contribution in [0.2, 0.25) is 0 Å². The van der Waals surface area contributed by atoms with Crippen LogP contribution in [0.5, 0.6) is 0 Å². The number of hydrogen-bond donors (Lipinski definition) is 7. The molecule has 2 unspecified atom stereocenters. The van der Waals surface area contributed by atoms with Crippen molar-refractivity contribution in [3.05, 3.63) is 35.4 Å². The van der Waals surface area contributed by atoms with E-state index in [9.17, 15) is 40.1 Å². The summed E-state index contributed by atoms with van der Waals surface area (Å²) in [6, 6.07) is 8.55. The smallest absolute Gasteiger partial charge is 0.408 e. The molecule has 3 amide bonds. The lowest BCUT2D eigenvalue weighted by molar-refractivity contribution is -0.205. The lowest BCUT2D eigenvalue weighted by Crippen LogP contribution is -2.67. The maximum Gasteiger partial charge on any atom is 0.408 e. The molecule has 6 fully saturated rings. The van der Waals surface area contributed by atoms with Crippen LogP contribution in [0.1, 0.15) is 90.2 Å². The Morgan fingerprint density at radius 3 is 2.22 bits per heavy atom. The fraction of sp³-hybridized carbons (Fsp3) is 0.762. The molecule has 1 aromatic rings. The van der Waals surface area contributed by atoms with E-state index in [0.29, 0.717) is 43.7 Å². The summed E-state index contributed by atoms with van der Waals surface area (Å²) in [5.74, 6) is 0.795. The quantitative estimate of drug-likeness (QED) is 0.105. The number of carbonyl (C=O) groups excluding carboxylic acids is 3. The third-order valence-corrected chi connectivity index (χ3v) is 12.9. The molecule has 322 valence electrons. The number of fused-ring (bicyclic) bond motifs is 1. The summed E-state index contributed by atoms with van der Waals surface area (Å²) in [6.07, 6.45) is -1.02. The van der Waals surface area contributed by atoms with Crippen molar-refractivity contribution >= 4 is 18.1 Å². The highest BCUT2D eigenvalue weighted by Gasteiger charge is 2.64. The number of ether oxygens (including phenoxy) is 3. The minimum Gasteiger partial charge on any atom is -0.447 e. The van der Waals surface area contributed by atoms with Gasteiger partial charge in [-0.2, -0.15) is 5.26 Å². The number of likely N-dealkylation sites (tertiary alicyclic amines) is 1. The number of carbonyl (C=O) groups is 3. The fourth-order valence-electron chi connectivity index (χ4n) is 10.6. The van der Waals surface area contributed by atoms with Crippen LogP contribution in [0, 0.1) is 34.5 Å². The van der Waals surface area contributed by atoms with Crippen LogP contribution in [0.15, 0.2) is 24.3 Å². The molecule has 58 heavy (non-hydrogen) atoms.